The van der Waals surface area contributed by atoms with Gasteiger partial charge in [0.05, 0.1) is 11.1 Å². The molecule has 1 aromatic heterocycles. The highest BCUT2D eigenvalue weighted by Crippen LogP contribution is 2.26. The van der Waals surface area contributed by atoms with Crippen LogP contribution in [0.4, 0.5) is 0 Å². The average molecular weight is 277 g/mol. The van der Waals surface area contributed by atoms with Crippen molar-refractivity contribution >= 4 is 16.9 Å². The molecule has 3 aromatic rings. The number of carbonyl (C=O) groups is 1. The Bertz CT molecular complexity index is 853. The summed E-state index contributed by atoms with van der Waals surface area (Å²) in [5.74, 6) is -0.905. The van der Waals surface area contributed by atoms with Gasteiger partial charge < -0.3 is 5.11 Å². The molecule has 0 aliphatic heterocycles. The maximum atomic E-state index is 11.2. The van der Waals surface area contributed by atoms with Crippen LogP contribution in [0.5, 0.6) is 0 Å². The number of rotatable bonds is 2. The second-order valence-corrected chi connectivity index (χ2v) is 5.25. The fourth-order valence-corrected chi connectivity index (χ4v) is 2.48. The van der Waals surface area contributed by atoms with Gasteiger partial charge >= 0.3 is 5.97 Å². The van der Waals surface area contributed by atoms with Crippen molar-refractivity contribution in [1.29, 1.82) is 0 Å². The Morgan fingerprint density at radius 3 is 2.52 bits per heavy atom. The molecule has 1 N–H and O–H groups in total. The SMILES string of the molecule is Cc1cc(C(=O)O)cc(-c2ccc3nc(C)ccc3c2)c1. The van der Waals surface area contributed by atoms with Crippen molar-refractivity contribution in [2.24, 2.45) is 0 Å². The third-order valence-electron chi connectivity index (χ3n) is 3.49. The molecule has 104 valence electrons. The van der Waals surface area contributed by atoms with Crippen molar-refractivity contribution < 1.29 is 9.90 Å². The van der Waals surface area contributed by atoms with Crippen LogP contribution < -0.4 is 0 Å². The summed E-state index contributed by atoms with van der Waals surface area (Å²) in [7, 11) is 0. The van der Waals surface area contributed by atoms with E-state index in [1.165, 1.54) is 0 Å². The first-order valence-electron chi connectivity index (χ1n) is 6.76. The minimum absolute atomic E-state index is 0.312. The molecule has 21 heavy (non-hydrogen) atoms. The largest absolute Gasteiger partial charge is 0.478 e. The number of fused-ring (bicyclic) bond motifs is 1. The number of nitrogens with zero attached hydrogens (tertiary/aromatic N) is 1. The van der Waals surface area contributed by atoms with E-state index in [0.717, 1.165) is 33.3 Å². The first kappa shape index (κ1) is 13.3. The summed E-state index contributed by atoms with van der Waals surface area (Å²) in [6.07, 6.45) is 0. The molecule has 0 aliphatic carbocycles. The van der Waals surface area contributed by atoms with E-state index >= 15 is 0 Å². The molecular formula is C18H15NO2. The van der Waals surface area contributed by atoms with Gasteiger partial charge in [-0.25, -0.2) is 4.79 Å². The quantitative estimate of drug-likeness (QED) is 0.763. The minimum atomic E-state index is -0.905. The van der Waals surface area contributed by atoms with Gasteiger partial charge in [-0.05, 0) is 60.9 Å². The molecule has 0 aliphatic rings. The van der Waals surface area contributed by atoms with Gasteiger partial charge in [0.2, 0.25) is 0 Å². The summed E-state index contributed by atoms with van der Waals surface area (Å²) in [6.45, 7) is 3.87. The van der Waals surface area contributed by atoms with Gasteiger partial charge in [0.25, 0.3) is 0 Å². The average Bonchev–Trinajstić information content (AvgIpc) is 2.46. The van der Waals surface area contributed by atoms with Crippen LogP contribution in [-0.2, 0) is 0 Å². The predicted molar refractivity (Wildman–Crippen MR) is 83.6 cm³/mol. The predicted octanol–water partition coefficient (Wildman–Crippen LogP) is 4.22. The Labute approximate surface area is 122 Å². The zero-order valence-electron chi connectivity index (χ0n) is 11.9. The topological polar surface area (TPSA) is 50.2 Å². The molecule has 2 aromatic carbocycles. The number of aromatic carboxylic acids is 1. The zero-order chi connectivity index (χ0) is 15.0. The van der Waals surface area contributed by atoms with Gasteiger partial charge in [0.15, 0.2) is 0 Å². The van der Waals surface area contributed by atoms with Gasteiger partial charge in [-0.3, -0.25) is 4.98 Å². The van der Waals surface area contributed by atoms with Crippen molar-refractivity contribution in [2.45, 2.75) is 13.8 Å². The Hall–Kier alpha value is -2.68. The number of benzene rings is 2. The molecule has 0 spiro atoms. The lowest BCUT2D eigenvalue weighted by Gasteiger charge is -2.07. The second-order valence-electron chi connectivity index (χ2n) is 5.25. The van der Waals surface area contributed by atoms with E-state index in [9.17, 15) is 9.90 Å². The fourth-order valence-electron chi connectivity index (χ4n) is 2.48. The third-order valence-corrected chi connectivity index (χ3v) is 3.49. The Morgan fingerprint density at radius 2 is 1.76 bits per heavy atom. The van der Waals surface area contributed by atoms with Crippen LogP contribution in [0, 0.1) is 13.8 Å². The van der Waals surface area contributed by atoms with Crippen LogP contribution in [-0.4, -0.2) is 16.1 Å². The van der Waals surface area contributed by atoms with E-state index in [-0.39, 0.29) is 0 Å². The number of carboxylic acid groups (broad SMARTS) is 1. The molecule has 0 atom stereocenters. The number of hydrogen-bond donors (Lipinski definition) is 1. The first-order valence-corrected chi connectivity index (χ1v) is 6.76. The second kappa shape index (κ2) is 5.02. The lowest BCUT2D eigenvalue weighted by Crippen LogP contribution is -1.97. The summed E-state index contributed by atoms with van der Waals surface area (Å²) in [4.78, 5) is 15.7. The van der Waals surface area contributed by atoms with Gasteiger partial charge in [-0.1, -0.05) is 18.2 Å². The summed E-state index contributed by atoms with van der Waals surface area (Å²) in [5.41, 5.74) is 5.09. The van der Waals surface area contributed by atoms with E-state index < -0.39 is 5.97 Å². The molecule has 0 saturated carbocycles. The molecule has 0 amide bonds. The number of aromatic nitrogens is 1. The van der Waals surface area contributed by atoms with E-state index in [0.29, 0.717) is 5.56 Å². The van der Waals surface area contributed by atoms with Crippen molar-refractivity contribution in [1.82, 2.24) is 4.98 Å². The third kappa shape index (κ3) is 2.63. The molecule has 3 nitrogen and oxygen atoms in total. The maximum Gasteiger partial charge on any atom is 0.335 e. The molecule has 0 unspecified atom stereocenters. The van der Waals surface area contributed by atoms with Crippen LogP contribution in [0.3, 0.4) is 0 Å². The smallest absolute Gasteiger partial charge is 0.335 e. The fraction of sp³-hybridized carbons (Fsp3) is 0.111. The Kier molecular flexibility index (Phi) is 3.18. The summed E-state index contributed by atoms with van der Waals surface area (Å²) in [6, 6.07) is 15.4. The van der Waals surface area contributed by atoms with E-state index in [2.05, 4.69) is 4.98 Å². The van der Waals surface area contributed by atoms with Crippen LogP contribution in [0.2, 0.25) is 0 Å². The summed E-state index contributed by atoms with van der Waals surface area (Å²) < 4.78 is 0. The Morgan fingerprint density at radius 1 is 0.952 bits per heavy atom. The normalized spacial score (nSPS) is 10.8. The number of aryl methyl sites for hydroxylation is 2. The number of carboxylic acids is 1. The molecule has 0 fully saturated rings. The zero-order valence-corrected chi connectivity index (χ0v) is 11.9. The molecule has 0 radical (unpaired) electrons. The standard InChI is InChI=1S/C18H15NO2/c1-11-7-15(10-16(8-11)18(20)21)13-5-6-17-14(9-13)4-3-12(2)19-17/h3-10H,1-2H3,(H,20,21). The molecule has 0 bridgehead atoms. The van der Waals surface area contributed by atoms with Gasteiger partial charge in [0.1, 0.15) is 0 Å². The van der Waals surface area contributed by atoms with Crippen LogP contribution in [0.1, 0.15) is 21.6 Å². The van der Waals surface area contributed by atoms with E-state index in [4.69, 9.17) is 0 Å². The molecule has 0 saturated heterocycles. The number of pyridine rings is 1. The van der Waals surface area contributed by atoms with Crippen molar-refractivity contribution in [3.05, 3.63) is 65.4 Å². The summed E-state index contributed by atoms with van der Waals surface area (Å²) in [5, 5.41) is 10.2. The first-order chi connectivity index (χ1) is 10.0. The van der Waals surface area contributed by atoms with Crippen molar-refractivity contribution in [3.8, 4) is 11.1 Å². The summed E-state index contributed by atoms with van der Waals surface area (Å²) >= 11 is 0. The van der Waals surface area contributed by atoms with E-state index in [1.807, 2.05) is 50.2 Å². The Balaban J connectivity index is 2.16. The molecular weight excluding hydrogens is 262 g/mol. The van der Waals surface area contributed by atoms with Crippen LogP contribution in [0.15, 0.2) is 48.5 Å². The van der Waals surface area contributed by atoms with Gasteiger partial charge in [-0.15, -0.1) is 0 Å². The van der Waals surface area contributed by atoms with E-state index in [1.54, 1.807) is 12.1 Å². The molecule has 1 heterocycles. The minimum Gasteiger partial charge on any atom is -0.478 e. The monoisotopic (exact) mass is 277 g/mol. The van der Waals surface area contributed by atoms with Crippen molar-refractivity contribution in [3.63, 3.8) is 0 Å². The molecule has 3 heteroatoms. The molecule has 3 rings (SSSR count). The highest BCUT2D eigenvalue weighted by atomic mass is 16.4. The van der Waals surface area contributed by atoms with Crippen LogP contribution in [0.25, 0.3) is 22.0 Å². The van der Waals surface area contributed by atoms with Crippen molar-refractivity contribution in [2.75, 3.05) is 0 Å². The lowest BCUT2D eigenvalue weighted by atomic mass is 9.99. The number of hydrogen-bond acceptors (Lipinski definition) is 2. The van der Waals surface area contributed by atoms with Gasteiger partial charge in [-0.2, -0.15) is 0 Å². The van der Waals surface area contributed by atoms with Gasteiger partial charge in [0, 0.05) is 11.1 Å². The van der Waals surface area contributed by atoms with Crippen LogP contribution >= 0.6 is 0 Å². The maximum absolute atomic E-state index is 11.2. The lowest BCUT2D eigenvalue weighted by molar-refractivity contribution is 0.0697. The highest BCUT2D eigenvalue weighted by molar-refractivity contribution is 5.91. The highest BCUT2D eigenvalue weighted by Gasteiger charge is 2.07.